The summed E-state index contributed by atoms with van der Waals surface area (Å²) in [6.45, 7) is 0.659. The molecular weight excluding hydrogens is 347 g/mol. The molecule has 26 heavy (non-hydrogen) atoms. The van der Waals surface area contributed by atoms with E-state index in [1.165, 1.54) is 0 Å². The van der Waals surface area contributed by atoms with E-state index in [0.29, 0.717) is 18.7 Å². The zero-order valence-corrected chi connectivity index (χ0v) is 14.0. The van der Waals surface area contributed by atoms with Crippen molar-refractivity contribution in [2.24, 2.45) is 12.8 Å². The van der Waals surface area contributed by atoms with Crippen LogP contribution in [0.25, 0.3) is 10.9 Å². The molecule has 0 fully saturated rings. The first kappa shape index (κ1) is 17.9. The molecule has 0 spiro atoms. The highest BCUT2D eigenvalue weighted by Gasteiger charge is 2.35. The van der Waals surface area contributed by atoms with Gasteiger partial charge in [0.1, 0.15) is 11.4 Å². The second-order valence-electron chi connectivity index (χ2n) is 5.69. The van der Waals surface area contributed by atoms with Crippen LogP contribution < -0.4 is 16.4 Å². The zero-order valence-electron chi connectivity index (χ0n) is 14.0. The molecule has 0 atom stereocenters. The van der Waals surface area contributed by atoms with Crippen molar-refractivity contribution in [3.63, 3.8) is 0 Å². The number of nitrogens with zero attached hydrogens (tertiary/aromatic N) is 4. The molecule has 7 nitrogen and oxygen atoms in total. The summed E-state index contributed by atoms with van der Waals surface area (Å²) in [6.07, 6.45) is -1.52. The number of anilines is 3. The van der Waals surface area contributed by atoms with Gasteiger partial charge in [0, 0.05) is 30.9 Å². The second kappa shape index (κ2) is 7.16. The van der Waals surface area contributed by atoms with Gasteiger partial charge in [0.2, 0.25) is 5.95 Å². The lowest BCUT2D eigenvalue weighted by molar-refractivity contribution is -0.137. The van der Waals surface area contributed by atoms with Gasteiger partial charge >= 0.3 is 6.18 Å². The van der Waals surface area contributed by atoms with Gasteiger partial charge in [0.15, 0.2) is 0 Å². The van der Waals surface area contributed by atoms with E-state index in [0.717, 1.165) is 17.1 Å². The number of hydrogen-bond donors (Lipinski definition) is 3. The van der Waals surface area contributed by atoms with Crippen molar-refractivity contribution < 1.29 is 13.2 Å². The Balaban J connectivity index is 1.88. The highest BCUT2D eigenvalue weighted by molar-refractivity contribution is 5.83. The van der Waals surface area contributed by atoms with Gasteiger partial charge in [0.05, 0.1) is 11.7 Å². The maximum Gasteiger partial charge on any atom is 0.421 e. The lowest BCUT2D eigenvalue weighted by Gasteiger charge is -2.14. The fourth-order valence-electron chi connectivity index (χ4n) is 2.44. The number of aromatic nitrogens is 4. The Morgan fingerprint density at radius 1 is 1.23 bits per heavy atom. The van der Waals surface area contributed by atoms with E-state index in [9.17, 15) is 13.2 Å². The van der Waals surface area contributed by atoms with Gasteiger partial charge in [-0.3, -0.25) is 4.68 Å². The number of benzene rings is 1. The first-order chi connectivity index (χ1) is 12.4. The minimum Gasteiger partial charge on any atom is -0.369 e. The monoisotopic (exact) mass is 365 g/mol. The van der Waals surface area contributed by atoms with Crippen LogP contribution in [0.15, 0.2) is 30.6 Å². The van der Waals surface area contributed by atoms with E-state index in [1.54, 1.807) is 24.0 Å². The first-order valence-corrected chi connectivity index (χ1v) is 7.95. The summed E-state index contributed by atoms with van der Waals surface area (Å²) in [6, 6.07) is 5.46. The standard InChI is InChI=1S/C16H18F3N7/c1-26-13-7-11(4-3-10(13)8-23-26)24-15-22-9-12(16(17,18)19)14(25-15)21-6-2-5-20/h3-4,7-9H,2,5-6,20H2,1H3,(H2,21,22,24,25). The first-order valence-electron chi connectivity index (χ1n) is 7.95. The Hall–Kier alpha value is -2.88. The summed E-state index contributed by atoms with van der Waals surface area (Å²) in [4.78, 5) is 7.77. The predicted molar refractivity (Wildman–Crippen MR) is 93.2 cm³/mol. The molecule has 10 heteroatoms. The van der Waals surface area contributed by atoms with Crippen molar-refractivity contribution in [1.82, 2.24) is 19.7 Å². The Kier molecular flexibility index (Phi) is 4.94. The summed E-state index contributed by atoms with van der Waals surface area (Å²) in [5, 5.41) is 10.7. The topological polar surface area (TPSA) is 93.7 Å². The lowest BCUT2D eigenvalue weighted by atomic mass is 10.2. The molecule has 0 aliphatic rings. The fourth-order valence-corrected chi connectivity index (χ4v) is 2.44. The molecule has 4 N–H and O–H groups in total. The molecule has 2 heterocycles. The number of nitrogens with two attached hydrogens (primary N) is 1. The van der Waals surface area contributed by atoms with Crippen LogP contribution in [0.2, 0.25) is 0 Å². The molecule has 3 rings (SSSR count). The largest absolute Gasteiger partial charge is 0.421 e. The predicted octanol–water partition coefficient (Wildman–Crippen LogP) is 2.89. The Morgan fingerprint density at radius 3 is 2.77 bits per heavy atom. The van der Waals surface area contributed by atoms with Crippen molar-refractivity contribution in [3.05, 3.63) is 36.2 Å². The third kappa shape index (κ3) is 3.85. The van der Waals surface area contributed by atoms with E-state index in [1.807, 2.05) is 12.1 Å². The summed E-state index contributed by atoms with van der Waals surface area (Å²) >= 11 is 0. The van der Waals surface area contributed by atoms with Gasteiger partial charge in [-0.1, -0.05) is 0 Å². The van der Waals surface area contributed by atoms with E-state index in [4.69, 9.17) is 5.73 Å². The Labute approximate surface area is 147 Å². The van der Waals surface area contributed by atoms with Crippen LogP contribution >= 0.6 is 0 Å². The molecule has 138 valence electrons. The number of hydrogen-bond acceptors (Lipinski definition) is 6. The van der Waals surface area contributed by atoms with Crippen molar-refractivity contribution in [2.45, 2.75) is 12.6 Å². The Bertz CT molecular complexity index is 904. The van der Waals surface area contributed by atoms with E-state index in [2.05, 4.69) is 25.7 Å². The molecule has 3 aromatic rings. The molecule has 0 unspecified atom stereocenters. The average Bonchev–Trinajstić information content (AvgIpc) is 2.95. The van der Waals surface area contributed by atoms with E-state index in [-0.39, 0.29) is 18.3 Å². The maximum absolute atomic E-state index is 13.1. The molecular formula is C16H18F3N7. The SMILES string of the molecule is Cn1ncc2ccc(Nc3ncc(C(F)(F)F)c(NCCCN)n3)cc21. The van der Waals surface area contributed by atoms with Crippen LogP contribution in [-0.4, -0.2) is 32.8 Å². The van der Waals surface area contributed by atoms with Crippen LogP contribution in [0.1, 0.15) is 12.0 Å². The van der Waals surface area contributed by atoms with Gasteiger partial charge in [-0.25, -0.2) is 4.98 Å². The molecule has 0 aliphatic carbocycles. The minimum atomic E-state index is -4.54. The van der Waals surface area contributed by atoms with Gasteiger partial charge in [-0.05, 0) is 31.2 Å². The van der Waals surface area contributed by atoms with Gasteiger partial charge in [-0.2, -0.15) is 23.3 Å². The Morgan fingerprint density at radius 2 is 2.04 bits per heavy atom. The van der Waals surface area contributed by atoms with Crippen LogP contribution in [-0.2, 0) is 13.2 Å². The summed E-state index contributed by atoms with van der Waals surface area (Å²) in [5.74, 6) is -0.208. The number of alkyl halides is 3. The number of rotatable bonds is 6. The van der Waals surface area contributed by atoms with Crippen molar-refractivity contribution in [3.8, 4) is 0 Å². The van der Waals surface area contributed by atoms with Crippen LogP contribution in [0.3, 0.4) is 0 Å². The summed E-state index contributed by atoms with van der Waals surface area (Å²) in [7, 11) is 1.81. The molecule has 0 aliphatic heterocycles. The molecule has 0 bridgehead atoms. The van der Waals surface area contributed by atoms with Crippen LogP contribution in [0, 0.1) is 0 Å². The molecule has 2 aromatic heterocycles. The third-order valence-corrected chi connectivity index (χ3v) is 3.77. The van der Waals surface area contributed by atoms with E-state index >= 15 is 0 Å². The lowest BCUT2D eigenvalue weighted by Crippen LogP contribution is -2.16. The average molecular weight is 365 g/mol. The summed E-state index contributed by atoms with van der Waals surface area (Å²) < 4.78 is 41.1. The van der Waals surface area contributed by atoms with Gasteiger partial charge in [-0.15, -0.1) is 0 Å². The summed E-state index contributed by atoms with van der Waals surface area (Å²) in [5.41, 5.74) is 5.99. The number of fused-ring (bicyclic) bond motifs is 1. The van der Waals surface area contributed by atoms with Crippen LogP contribution in [0.5, 0.6) is 0 Å². The van der Waals surface area contributed by atoms with Crippen molar-refractivity contribution in [1.29, 1.82) is 0 Å². The quantitative estimate of drug-likeness (QED) is 0.582. The molecule has 1 aromatic carbocycles. The molecule has 0 radical (unpaired) electrons. The second-order valence-corrected chi connectivity index (χ2v) is 5.69. The number of nitrogens with one attached hydrogen (secondary N) is 2. The minimum absolute atomic E-state index is 0.0646. The number of aryl methyl sites for hydroxylation is 1. The van der Waals surface area contributed by atoms with E-state index < -0.39 is 11.7 Å². The molecule has 0 amide bonds. The highest BCUT2D eigenvalue weighted by Crippen LogP contribution is 2.34. The van der Waals surface area contributed by atoms with Crippen molar-refractivity contribution in [2.75, 3.05) is 23.7 Å². The normalized spacial score (nSPS) is 11.7. The highest BCUT2D eigenvalue weighted by atomic mass is 19.4. The fraction of sp³-hybridized carbons (Fsp3) is 0.312. The number of halogens is 3. The van der Waals surface area contributed by atoms with Crippen LogP contribution in [0.4, 0.5) is 30.6 Å². The molecule has 0 saturated heterocycles. The van der Waals surface area contributed by atoms with Crippen molar-refractivity contribution >= 4 is 28.4 Å². The third-order valence-electron chi connectivity index (χ3n) is 3.77. The zero-order chi connectivity index (χ0) is 18.7. The van der Waals surface area contributed by atoms with Gasteiger partial charge in [0.25, 0.3) is 0 Å². The molecule has 0 saturated carbocycles. The maximum atomic E-state index is 13.1. The smallest absolute Gasteiger partial charge is 0.369 e. The van der Waals surface area contributed by atoms with Gasteiger partial charge < -0.3 is 16.4 Å².